The van der Waals surface area contributed by atoms with Crippen LogP contribution in [0.2, 0.25) is 0 Å². The van der Waals surface area contributed by atoms with E-state index in [9.17, 15) is 22.8 Å². The van der Waals surface area contributed by atoms with Gasteiger partial charge < -0.3 is 10.1 Å². The molecule has 0 atom stereocenters. The molecule has 176 valence electrons. The summed E-state index contributed by atoms with van der Waals surface area (Å²) < 4.78 is 32.4. The summed E-state index contributed by atoms with van der Waals surface area (Å²) in [4.78, 5) is 36.2. The Morgan fingerprint density at radius 2 is 1.70 bits per heavy atom. The van der Waals surface area contributed by atoms with Crippen molar-refractivity contribution in [3.05, 3.63) is 65.2 Å². The third kappa shape index (κ3) is 6.62. The van der Waals surface area contributed by atoms with Crippen molar-refractivity contribution in [3.8, 4) is 0 Å². The van der Waals surface area contributed by atoms with Gasteiger partial charge in [0.2, 0.25) is 10.0 Å². The molecule has 1 saturated heterocycles. The summed E-state index contributed by atoms with van der Waals surface area (Å²) in [6, 6.07) is 12.7. The van der Waals surface area contributed by atoms with Gasteiger partial charge in [-0.2, -0.15) is 4.31 Å². The standard InChI is InChI=1S/C23H27N3O6S/c1-17-10-11-19(14-20(17)33(30,31)26-12-6-3-7-13-26)22(28)32-16-21(27)25-23(29)24-15-18-8-4-2-5-9-18/h2,4-5,8-11,14H,3,6-7,12-13,15-16H2,1H3,(H2,24,25,27,29). The van der Waals surface area contributed by atoms with Crippen molar-refractivity contribution in [2.45, 2.75) is 37.6 Å². The number of esters is 1. The first-order valence-corrected chi connectivity index (χ1v) is 12.1. The van der Waals surface area contributed by atoms with Crippen molar-refractivity contribution in [3.63, 3.8) is 0 Å². The molecule has 1 heterocycles. The fourth-order valence-electron chi connectivity index (χ4n) is 3.45. The SMILES string of the molecule is Cc1ccc(C(=O)OCC(=O)NC(=O)NCc2ccccc2)cc1S(=O)(=O)N1CCCCC1. The molecule has 33 heavy (non-hydrogen) atoms. The van der Waals surface area contributed by atoms with Crippen LogP contribution < -0.4 is 10.6 Å². The maximum atomic E-state index is 13.0. The predicted octanol–water partition coefficient (Wildman–Crippen LogP) is 2.35. The molecule has 2 N–H and O–H groups in total. The number of hydrogen-bond donors (Lipinski definition) is 2. The number of nitrogens with one attached hydrogen (secondary N) is 2. The van der Waals surface area contributed by atoms with E-state index in [-0.39, 0.29) is 17.0 Å². The largest absolute Gasteiger partial charge is 0.452 e. The molecule has 9 nitrogen and oxygen atoms in total. The molecule has 0 radical (unpaired) electrons. The van der Waals surface area contributed by atoms with Gasteiger partial charge in [-0.25, -0.2) is 18.0 Å². The van der Waals surface area contributed by atoms with Gasteiger partial charge in [0.1, 0.15) is 0 Å². The summed E-state index contributed by atoms with van der Waals surface area (Å²) in [6.07, 6.45) is 2.59. The zero-order valence-electron chi connectivity index (χ0n) is 18.4. The Bertz CT molecular complexity index is 1110. The smallest absolute Gasteiger partial charge is 0.338 e. The fourth-order valence-corrected chi connectivity index (χ4v) is 5.22. The van der Waals surface area contributed by atoms with Crippen LogP contribution in [0.25, 0.3) is 0 Å². The molecule has 1 aliphatic heterocycles. The van der Waals surface area contributed by atoms with Gasteiger partial charge in [-0.05, 0) is 43.0 Å². The number of hydrogen-bond acceptors (Lipinski definition) is 6. The topological polar surface area (TPSA) is 122 Å². The summed E-state index contributed by atoms with van der Waals surface area (Å²) in [7, 11) is -3.73. The molecule has 1 fully saturated rings. The van der Waals surface area contributed by atoms with Crippen LogP contribution in [0.3, 0.4) is 0 Å². The Labute approximate surface area is 193 Å². The van der Waals surface area contributed by atoms with Crippen LogP contribution >= 0.6 is 0 Å². The van der Waals surface area contributed by atoms with Crippen LogP contribution in [0.4, 0.5) is 4.79 Å². The van der Waals surface area contributed by atoms with Gasteiger partial charge in [0.25, 0.3) is 5.91 Å². The lowest BCUT2D eigenvalue weighted by atomic mass is 10.1. The lowest BCUT2D eigenvalue weighted by Crippen LogP contribution is -2.41. The molecule has 0 aliphatic carbocycles. The molecular formula is C23H27N3O6S. The van der Waals surface area contributed by atoms with Crippen LogP contribution in [-0.4, -0.2) is 50.3 Å². The molecule has 2 aromatic rings. The van der Waals surface area contributed by atoms with E-state index in [0.717, 1.165) is 24.8 Å². The molecule has 0 unspecified atom stereocenters. The average molecular weight is 474 g/mol. The summed E-state index contributed by atoms with van der Waals surface area (Å²) in [5, 5.41) is 4.60. The number of ether oxygens (including phenoxy) is 1. The normalized spacial score (nSPS) is 14.3. The number of carbonyl (C=O) groups is 3. The second-order valence-electron chi connectivity index (χ2n) is 7.74. The van der Waals surface area contributed by atoms with E-state index in [1.807, 2.05) is 30.3 Å². The maximum absolute atomic E-state index is 13.0. The zero-order valence-corrected chi connectivity index (χ0v) is 19.2. The van der Waals surface area contributed by atoms with E-state index in [1.165, 1.54) is 22.5 Å². The van der Waals surface area contributed by atoms with E-state index in [1.54, 1.807) is 6.92 Å². The third-order valence-electron chi connectivity index (χ3n) is 5.24. The first kappa shape index (κ1) is 24.4. The molecule has 3 rings (SSSR count). The second-order valence-corrected chi connectivity index (χ2v) is 9.64. The number of benzene rings is 2. The molecule has 10 heteroatoms. The van der Waals surface area contributed by atoms with E-state index >= 15 is 0 Å². The molecule has 0 bridgehead atoms. The highest BCUT2D eigenvalue weighted by Crippen LogP contribution is 2.24. The number of imide groups is 1. The van der Waals surface area contributed by atoms with Crippen LogP contribution in [0.15, 0.2) is 53.4 Å². The van der Waals surface area contributed by atoms with E-state index in [4.69, 9.17) is 4.74 Å². The van der Waals surface area contributed by atoms with Crippen molar-refractivity contribution in [1.82, 2.24) is 14.9 Å². The number of amides is 3. The number of rotatable bonds is 7. The summed E-state index contributed by atoms with van der Waals surface area (Å²) in [5.74, 6) is -1.66. The van der Waals surface area contributed by atoms with E-state index < -0.39 is 34.5 Å². The van der Waals surface area contributed by atoms with E-state index in [0.29, 0.717) is 18.7 Å². The zero-order chi connectivity index (χ0) is 23.8. The van der Waals surface area contributed by atoms with Crippen molar-refractivity contribution in [1.29, 1.82) is 0 Å². The Morgan fingerprint density at radius 1 is 1.00 bits per heavy atom. The van der Waals surface area contributed by atoms with Gasteiger partial charge in [0.15, 0.2) is 6.61 Å². The highest BCUT2D eigenvalue weighted by molar-refractivity contribution is 7.89. The van der Waals surface area contributed by atoms with Crippen LogP contribution in [0.5, 0.6) is 0 Å². The van der Waals surface area contributed by atoms with Gasteiger partial charge in [-0.15, -0.1) is 0 Å². The monoisotopic (exact) mass is 473 g/mol. The van der Waals surface area contributed by atoms with Gasteiger partial charge in [-0.1, -0.05) is 42.8 Å². The highest BCUT2D eigenvalue weighted by Gasteiger charge is 2.28. The minimum Gasteiger partial charge on any atom is -0.452 e. The Morgan fingerprint density at radius 3 is 2.39 bits per heavy atom. The van der Waals surface area contributed by atoms with Gasteiger partial charge in [0.05, 0.1) is 10.5 Å². The van der Waals surface area contributed by atoms with Gasteiger partial charge in [-0.3, -0.25) is 10.1 Å². The van der Waals surface area contributed by atoms with Crippen LogP contribution in [0.1, 0.15) is 40.7 Å². The minimum absolute atomic E-state index is 0.0116. The lowest BCUT2D eigenvalue weighted by molar-refractivity contribution is -0.123. The number of nitrogens with zero attached hydrogens (tertiary/aromatic N) is 1. The first-order chi connectivity index (χ1) is 15.8. The first-order valence-electron chi connectivity index (χ1n) is 10.7. The number of piperidine rings is 1. The molecule has 3 amide bonds. The van der Waals surface area contributed by atoms with Crippen molar-refractivity contribution in [2.75, 3.05) is 19.7 Å². The lowest BCUT2D eigenvalue weighted by Gasteiger charge is -2.26. The van der Waals surface area contributed by atoms with Gasteiger partial charge >= 0.3 is 12.0 Å². The Balaban J connectivity index is 1.55. The third-order valence-corrected chi connectivity index (χ3v) is 7.28. The maximum Gasteiger partial charge on any atom is 0.338 e. The van der Waals surface area contributed by atoms with Crippen molar-refractivity contribution >= 4 is 27.9 Å². The number of sulfonamides is 1. The summed E-state index contributed by atoms with van der Waals surface area (Å²) >= 11 is 0. The molecule has 2 aromatic carbocycles. The molecular weight excluding hydrogens is 446 g/mol. The Kier molecular flexibility index (Phi) is 8.18. The number of aryl methyl sites for hydroxylation is 1. The Hall–Kier alpha value is -3.24. The number of urea groups is 1. The number of carbonyl (C=O) groups excluding carboxylic acids is 3. The molecule has 0 saturated carbocycles. The quantitative estimate of drug-likeness (QED) is 0.596. The van der Waals surface area contributed by atoms with E-state index in [2.05, 4.69) is 10.6 Å². The molecule has 0 aromatic heterocycles. The second kappa shape index (κ2) is 11.1. The minimum atomic E-state index is -3.73. The van der Waals surface area contributed by atoms with Crippen molar-refractivity contribution in [2.24, 2.45) is 0 Å². The van der Waals surface area contributed by atoms with Crippen molar-refractivity contribution < 1.29 is 27.5 Å². The van der Waals surface area contributed by atoms with Gasteiger partial charge in [0, 0.05) is 19.6 Å². The average Bonchev–Trinajstić information content (AvgIpc) is 2.82. The summed E-state index contributed by atoms with van der Waals surface area (Å²) in [6.45, 7) is 2.11. The van der Waals surface area contributed by atoms with Crippen LogP contribution in [0, 0.1) is 6.92 Å². The predicted molar refractivity (Wildman–Crippen MR) is 121 cm³/mol. The molecule has 0 spiro atoms. The fraction of sp³-hybridized carbons (Fsp3) is 0.348. The highest BCUT2D eigenvalue weighted by atomic mass is 32.2. The summed E-state index contributed by atoms with van der Waals surface area (Å²) in [5.41, 5.74) is 1.39. The molecule has 1 aliphatic rings. The van der Waals surface area contributed by atoms with Crippen LogP contribution in [-0.2, 0) is 26.1 Å².